The van der Waals surface area contributed by atoms with E-state index >= 15 is 0 Å². The Hall–Kier alpha value is -0.820. The molecule has 1 heteroatoms. The highest BCUT2D eigenvalue weighted by Crippen LogP contribution is 2.41. The van der Waals surface area contributed by atoms with E-state index < -0.39 is 0 Å². The van der Waals surface area contributed by atoms with Crippen LogP contribution in [0.2, 0.25) is 0 Å². The van der Waals surface area contributed by atoms with Gasteiger partial charge < -0.3 is 4.74 Å². The van der Waals surface area contributed by atoms with Crippen LogP contribution in [-0.4, -0.2) is 6.61 Å². The third-order valence-corrected chi connectivity index (χ3v) is 6.46. The van der Waals surface area contributed by atoms with Crippen molar-refractivity contribution in [2.45, 2.75) is 84.2 Å². The Bertz CT molecular complexity index is 461. The molecular weight excluding hydrogens is 292 g/mol. The summed E-state index contributed by atoms with van der Waals surface area (Å²) < 4.78 is 6.30. The van der Waals surface area contributed by atoms with Gasteiger partial charge in [-0.2, -0.15) is 0 Å². The number of hydrogen-bond acceptors (Lipinski definition) is 1. The normalized spacial score (nSPS) is 31.1. The van der Waals surface area contributed by atoms with E-state index in [4.69, 9.17) is 4.74 Å². The van der Waals surface area contributed by atoms with Crippen molar-refractivity contribution in [1.82, 2.24) is 0 Å². The predicted molar refractivity (Wildman–Crippen MR) is 102 cm³/mol. The van der Waals surface area contributed by atoms with Crippen molar-refractivity contribution < 1.29 is 4.74 Å². The Kier molecular flexibility index (Phi) is 6.77. The fourth-order valence-corrected chi connectivity index (χ4v) is 4.95. The molecule has 1 aromatic rings. The lowest BCUT2D eigenvalue weighted by molar-refractivity contribution is -0.0404. The van der Waals surface area contributed by atoms with Gasteiger partial charge in [-0.3, -0.25) is 0 Å². The third-order valence-electron chi connectivity index (χ3n) is 6.46. The molecule has 0 amide bonds. The summed E-state index contributed by atoms with van der Waals surface area (Å²) in [5.74, 6) is 2.78. The molecule has 1 heterocycles. The Morgan fingerprint density at radius 2 is 1.54 bits per heavy atom. The molecule has 0 bridgehead atoms. The first kappa shape index (κ1) is 18.0. The molecule has 1 nitrogen and oxygen atoms in total. The summed E-state index contributed by atoms with van der Waals surface area (Å²) in [5.41, 5.74) is 2.85. The topological polar surface area (TPSA) is 9.23 Å². The van der Waals surface area contributed by atoms with E-state index in [1.807, 2.05) is 0 Å². The van der Waals surface area contributed by atoms with Crippen LogP contribution in [0, 0.1) is 17.8 Å². The van der Waals surface area contributed by atoms with Crippen molar-refractivity contribution in [1.29, 1.82) is 0 Å². The highest BCUT2D eigenvalue weighted by molar-refractivity contribution is 5.24. The van der Waals surface area contributed by atoms with Crippen molar-refractivity contribution in [2.75, 3.05) is 6.61 Å². The molecule has 0 unspecified atom stereocenters. The van der Waals surface area contributed by atoms with E-state index in [9.17, 15) is 0 Å². The van der Waals surface area contributed by atoms with Gasteiger partial charge in [0.2, 0.25) is 0 Å². The SMILES string of the molecule is CCCc1ccc([C@H]2CC[C@H](C3CCC(CCC)CC3)CO2)cc1. The Morgan fingerprint density at radius 3 is 2.12 bits per heavy atom. The van der Waals surface area contributed by atoms with E-state index in [1.165, 1.54) is 75.3 Å². The van der Waals surface area contributed by atoms with E-state index in [0.29, 0.717) is 6.10 Å². The number of hydrogen-bond donors (Lipinski definition) is 0. The monoisotopic (exact) mass is 328 g/mol. The van der Waals surface area contributed by atoms with Gasteiger partial charge in [0, 0.05) is 0 Å². The van der Waals surface area contributed by atoms with Gasteiger partial charge in [0.25, 0.3) is 0 Å². The van der Waals surface area contributed by atoms with Crippen LogP contribution in [0.3, 0.4) is 0 Å². The van der Waals surface area contributed by atoms with Gasteiger partial charge in [0.05, 0.1) is 12.7 Å². The number of aryl methyl sites for hydroxylation is 1. The lowest BCUT2D eigenvalue weighted by Crippen LogP contribution is -2.29. The molecule has 1 aliphatic heterocycles. The van der Waals surface area contributed by atoms with Crippen LogP contribution in [0.1, 0.15) is 88.9 Å². The molecule has 24 heavy (non-hydrogen) atoms. The van der Waals surface area contributed by atoms with Gasteiger partial charge in [0.15, 0.2) is 0 Å². The van der Waals surface area contributed by atoms with E-state index in [-0.39, 0.29) is 0 Å². The highest BCUT2D eigenvalue weighted by atomic mass is 16.5. The largest absolute Gasteiger partial charge is 0.373 e. The van der Waals surface area contributed by atoms with Crippen LogP contribution < -0.4 is 0 Å². The smallest absolute Gasteiger partial charge is 0.0825 e. The average molecular weight is 329 g/mol. The molecule has 0 aromatic heterocycles. The molecular formula is C23H36O. The van der Waals surface area contributed by atoms with E-state index in [0.717, 1.165) is 24.4 Å². The standard InChI is InChI=1S/C23H36O/c1-3-5-18-7-11-20(12-8-18)22-15-16-23(24-17-22)21-13-9-19(6-4-2)10-14-21/h9-10,13-14,18,20,22-23H,3-8,11-12,15-17H2,1-2H3/t18?,20?,22-,23+/m0/s1. The minimum atomic E-state index is 0.341. The zero-order valence-corrected chi connectivity index (χ0v) is 15.8. The molecule has 1 aromatic carbocycles. The molecule has 2 aliphatic rings. The van der Waals surface area contributed by atoms with Gasteiger partial charge in [-0.05, 0) is 61.0 Å². The molecule has 0 radical (unpaired) electrons. The summed E-state index contributed by atoms with van der Waals surface area (Å²) in [7, 11) is 0. The first-order chi connectivity index (χ1) is 11.8. The lowest BCUT2D eigenvalue weighted by atomic mass is 9.73. The number of ether oxygens (including phenoxy) is 1. The minimum absolute atomic E-state index is 0.341. The van der Waals surface area contributed by atoms with Crippen LogP contribution in [0.4, 0.5) is 0 Å². The first-order valence-electron chi connectivity index (χ1n) is 10.5. The minimum Gasteiger partial charge on any atom is -0.373 e. The maximum atomic E-state index is 6.30. The zero-order valence-electron chi connectivity index (χ0n) is 15.8. The van der Waals surface area contributed by atoms with Crippen LogP contribution >= 0.6 is 0 Å². The lowest BCUT2D eigenvalue weighted by Gasteiger charge is -2.38. The fraction of sp³-hybridized carbons (Fsp3) is 0.739. The molecule has 3 rings (SSSR count). The molecule has 2 atom stereocenters. The summed E-state index contributed by atoms with van der Waals surface area (Å²) in [6.07, 6.45) is 14.0. The number of rotatable bonds is 6. The maximum Gasteiger partial charge on any atom is 0.0825 e. The average Bonchev–Trinajstić information content (AvgIpc) is 2.64. The Balaban J connectivity index is 1.45. The van der Waals surface area contributed by atoms with E-state index in [2.05, 4.69) is 38.1 Å². The first-order valence-corrected chi connectivity index (χ1v) is 10.5. The van der Waals surface area contributed by atoms with Gasteiger partial charge >= 0.3 is 0 Å². The van der Waals surface area contributed by atoms with Gasteiger partial charge in [0.1, 0.15) is 0 Å². The molecule has 0 spiro atoms. The van der Waals surface area contributed by atoms with Crippen molar-refractivity contribution in [3.63, 3.8) is 0 Å². The Labute approximate surface area is 149 Å². The predicted octanol–water partition coefficient (Wildman–Crippen LogP) is 6.71. The Morgan fingerprint density at radius 1 is 0.833 bits per heavy atom. The van der Waals surface area contributed by atoms with Crippen LogP contribution in [0.15, 0.2) is 24.3 Å². The fourth-order valence-electron chi connectivity index (χ4n) is 4.95. The molecule has 0 N–H and O–H groups in total. The van der Waals surface area contributed by atoms with Gasteiger partial charge in [-0.15, -0.1) is 0 Å². The van der Waals surface area contributed by atoms with Crippen LogP contribution in [-0.2, 0) is 11.2 Å². The molecule has 134 valence electrons. The second kappa shape index (κ2) is 9.04. The quantitative estimate of drug-likeness (QED) is 0.563. The molecule has 1 aliphatic carbocycles. The van der Waals surface area contributed by atoms with E-state index in [1.54, 1.807) is 0 Å². The van der Waals surface area contributed by atoms with Gasteiger partial charge in [-0.25, -0.2) is 0 Å². The molecule has 1 saturated heterocycles. The third kappa shape index (κ3) is 4.63. The second-order valence-electron chi connectivity index (χ2n) is 8.22. The number of benzene rings is 1. The van der Waals surface area contributed by atoms with Crippen molar-refractivity contribution in [2.24, 2.45) is 17.8 Å². The second-order valence-corrected chi connectivity index (χ2v) is 8.22. The van der Waals surface area contributed by atoms with Crippen LogP contribution in [0.25, 0.3) is 0 Å². The summed E-state index contributed by atoms with van der Waals surface area (Å²) in [5, 5.41) is 0. The van der Waals surface area contributed by atoms with Crippen LogP contribution in [0.5, 0.6) is 0 Å². The molecule has 2 fully saturated rings. The summed E-state index contributed by atoms with van der Waals surface area (Å²) in [6.45, 7) is 5.56. The summed E-state index contributed by atoms with van der Waals surface area (Å²) >= 11 is 0. The highest BCUT2D eigenvalue weighted by Gasteiger charge is 2.31. The summed E-state index contributed by atoms with van der Waals surface area (Å²) in [4.78, 5) is 0. The maximum absolute atomic E-state index is 6.30. The summed E-state index contributed by atoms with van der Waals surface area (Å²) in [6, 6.07) is 9.18. The van der Waals surface area contributed by atoms with Crippen molar-refractivity contribution in [3.05, 3.63) is 35.4 Å². The van der Waals surface area contributed by atoms with Crippen molar-refractivity contribution in [3.8, 4) is 0 Å². The zero-order chi connectivity index (χ0) is 16.8. The van der Waals surface area contributed by atoms with Crippen molar-refractivity contribution >= 4 is 0 Å². The molecule has 1 saturated carbocycles. The van der Waals surface area contributed by atoms with Gasteiger partial charge in [-0.1, -0.05) is 70.2 Å².